The van der Waals surface area contributed by atoms with Crippen LogP contribution in [0.3, 0.4) is 0 Å². The number of para-hydroxylation sites is 1. The number of hydrogen-bond acceptors (Lipinski definition) is 5. The molecule has 4 aliphatic rings. The van der Waals surface area contributed by atoms with Gasteiger partial charge in [0, 0.05) is 73.3 Å². The van der Waals surface area contributed by atoms with Crippen LogP contribution < -0.4 is 10.6 Å². The predicted molar refractivity (Wildman–Crippen MR) is 176 cm³/mol. The molecular weight excluding hydrogens is 566 g/mol. The zero-order chi connectivity index (χ0) is 30.8. The third-order valence-corrected chi connectivity index (χ3v) is 10.4. The molecule has 3 saturated heterocycles. The summed E-state index contributed by atoms with van der Waals surface area (Å²) in [5, 5.41) is 7.53. The molecule has 7 rings (SSSR count). The summed E-state index contributed by atoms with van der Waals surface area (Å²) in [4.78, 5) is 52.2. The van der Waals surface area contributed by atoms with E-state index in [0.29, 0.717) is 25.7 Å². The number of benzene rings is 2. The van der Waals surface area contributed by atoms with Crippen LogP contribution in [-0.4, -0.2) is 99.8 Å². The summed E-state index contributed by atoms with van der Waals surface area (Å²) < 4.78 is 0. The number of H-pyrrole nitrogens is 1. The molecule has 0 unspecified atom stereocenters. The molecule has 3 N–H and O–H groups in total. The molecule has 5 heterocycles. The third-order valence-electron chi connectivity index (χ3n) is 10.4. The van der Waals surface area contributed by atoms with Crippen molar-refractivity contribution in [3.8, 4) is 0 Å². The largest absolute Gasteiger partial charge is 0.373 e. The fourth-order valence-electron chi connectivity index (χ4n) is 7.75. The van der Waals surface area contributed by atoms with Crippen molar-refractivity contribution in [2.75, 3.05) is 49.9 Å². The number of nitrogens with zero attached hydrogens (tertiary/aromatic N) is 4. The van der Waals surface area contributed by atoms with E-state index in [9.17, 15) is 14.4 Å². The van der Waals surface area contributed by atoms with Gasteiger partial charge < -0.3 is 35.2 Å². The summed E-state index contributed by atoms with van der Waals surface area (Å²) in [6.45, 7) is 5.54. The molecule has 4 aliphatic heterocycles. The van der Waals surface area contributed by atoms with Crippen molar-refractivity contribution in [2.45, 2.75) is 76.0 Å². The molecule has 10 heteroatoms. The van der Waals surface area contributed by atoms with Gasteiger partial charge in [0.25, 0.3) is 0 Å². The average Bonchev–Trinajstić information content (AvgIpc) is 3.56. The quantitative estimate of drug-likeness (QED) is 0.354. The molecule has 4 amide bonds. The molecule has 2 aromatic carbocycles. The van der Waals surface area contributed by atoms with Crippen LogP contribution in [0.1, 0.15) is 56.9 Å². The lowest BCUT2D eigenvalue weighted by atomic mass is 9.98. The summed E-state index contributed by atoms with van der Waals surface area (Å²) in [7, 11) is 0. The zero-order valence-electron chi connectivity index (χ0n) is 26.0. The first kappa shape index (κ1) is 29.6. The van der Waals surface area contributed by atoms with Gasteiger partial charge in [-0.1, -0.05) is 24.6 Å². The Balaban J connectivity index is 0.994. The average molecular weight is 612 g/mol. The molecule has 10 nitrogen and oxygen atoms in total. The van der Waals surface area contributed by atoms with Crippen LogP contribution in [0.25, 0.3) is 10.9 Å². The van der Waals surface area contributed by atoms with E-state index in [1.54, 1.807) is 0 Å². The fraction of sp³-hybridized carbons (Fsp3) is 0.514. The van der Waals surface area contributed by atoms with E-state index >= 15 is 0 Å². The van der Waals surface area contributed by atoms with E-state index in [4.69, 9.17) is 0 Å². The Bertz CT molecular complexity index is 1520. The maximum absolute atomic E-state index is 14.0. The van der Waals surface area contributed by atoms with Crippen molar-refractivity contribution < 1.29 is 14.4 Å². The second-order valence-corrected chi connectivity index (χ2v) is 13.2. The van der Waals surface area contributed by atoms with Crippen molar-refractivity contribution in [1.29, 1.82) is 0 Å². The lowest BCUT2D eigenvalue weighted by molar-refractivity contribution is -0.139. The molecule has 3 aromatic rings. The Hall–Kier alpha value is -4.05. The minimum atomic E-state index is -0.637. The highest BCUT2D eigenvalue weighted by Crippen LogP contribution is 2.29. The summed E-state index contributed by atoms with van der Waals surface area (Å²) in [5.41, 5.74) is 3.86. The van der Waals surface area contributed by atoms with Gasteiger partial charge in [0.05, 0.1) is 6.42 Å². The first-order chi connectivity index (χ1) is 22.0. The van der Waals surface area contributed by atoms with E-state index in [0.717, 1.165) is 66.6 Å². The van der Waals surface area contributed by atoms with Gasteiger partial charge in [0.2, 0.25) is 11.8 Å². The van der Waals surface area contributed by atoms with Gasteiger partial charge in [-0.25, -0.2) is 4.79 Å². The maximum atomic E-state index is 14.0. The highest BCUT2D eigenvalue weighted by Gasteiger charge is 2.36. The standard InChI is InChI=1S/C35H45N7O3/c43-33(40-18-13-29(14-19-40)42-24-26-6-2-3-7-31(26)38-35(42)45)23-32(37-27-8-9-30-25(22-27)10-15-36-30)34(44)41-20-11-28(12-21-41)39-16-4-1-5-17-39/h2-3,6-10,15,22,28-29,32,36-37H,1,4-5,11-14,16-21,23-24H2,(H,38,45)/t32-/m0/s1. The smallest absolute Gasteiger partial charge is 0.322 e. The minimum absolute atomic E-state index is 0.00755. The number of nitrogens with one attached hydrogen (secondary N) is 3. The molecule has 3 fully saturated rings. The maximum Gasteiger partial charge on any atom is 0.322 e. The lowest BCUT2D eigenvalue weighted by Crippen LogP contribution is -2.53. The van der Waals surface area contributed by atoms with Crippen molar-refractivity contribution >= 4 is 40.1 Å². The fourth-order valence-corrected chi connectivity index (χ4v) is 7.75. The van der Waals surface area contributed by atoms with Crippen LogP contribution in [0.2, 0.25) is 0 Å². The number of aromatic nitrogens is 1. The van der Waals surface area contributed by atoms with Crippen molar-refractivity contribution in [3.05, 3.63) is 60.3 Å². The SMILES string of the molecule is O=C(C[C@H](Nc1ccc2[nH]ccc2c1)C(=O)N1CCC(N2CCCCC2)CC1)N1CCC(N2Cc3ccccc3NC2=O)CC1. The van der Waals surface area contributed by atoms with E-state index in [1.807, 2.05) is 63.4 Å². The third kappa shape index (κ3) is 6.52. The molecular formula is C35H45N7O3. The molecule has 0 aliphatic carbocycles. The summed E-state index contributed by atoms with van der Waals surface area (Å²) in [6, 6.07) is 15.9. The predicted octanol–water partition coefficient (Wildman–Crippen LogP) is 4.85. The number of urea groups is 1. The highest BCUT2D eigenvalue weighted by atomic mass is 16.2. The summed E-state index contributed by atoms with van der Waals surface area (Å²) in [5.74, 6) is -0.00758. The van der Waals surface area contributed by atoms with Crippen LogP contribution in [-0.2, 0) is 16.1 Å². The molecule has 1 aromatic heterocycles. The Kier molecular flexibility index (Phi) is 8.65. The number of amides is 4. The van der Waals surface area contributed by atoms with Gasteiger partial charge >= 0.3 is 6.03 Å². The van der Waals surface area contributed by atoms with Gasteiger partial charge in [0.15, 0.2) is 0 Å². The number of rotatable bonds is 7. The van der Waals surface area contributed by atoms with Gasteiger partial charge in [0.1, 0.15) is 6.04 Å². The first-order valence-electron chi connectivity index (χ1n) is 16.8. The van der Waals surface area contributed by atoms with Crippen molar-refractivity contribution in [3.63, 3.8) is 0 Å². The Morgan fingerprint density at radius 1 is 0.844 bits per heavy atom. The van der Waals surface area contributed by atoms with E-state index in [1.165, 1.54) is 32.4 Å². The Morgan fingerprint density at radius 3 is 2.38 bits per heavy atom. The van der Waals surface area contributed by atoms with E-state index in [2.05, 4.69) is 26.6 Å². The van der Waals surface area contributed by atoms with Crippen LogP contribution in [0.5, 0.6) is 0 Å². The Morgan fingerprint density at radius 2 is 1.58 bits per heavy atom. The minimum Gasteiger partial charge on any atom is -0.373 e. The van der Waals surface area contributed by atoms with E-state index < -0.39 is 6.04 Å². The number of likely N-dealkylation sites (tertiary alicyclic amines) is 3. The second-order valence-electron chi connectivity index (χ2n) is 13.2. The zero-order valence-corrected chi connectivity index (χ0v) is 26.0. The number of fused-ring (bicyclic) bond motifs is 2. The van der Waals surface area contributed by atoms with Crippen LogP contribution in [0.15, 0.2) is 54.7 Å². The number of anilines is 2. The normalized spacial score (nSPS) is 21.0. The topological polar surface area (TPSA) is 104 Å². The first-order valence-corrected chi connectivity index (χ1v) is 16.8. The molecule has 0 saturated carbocycles. The number of piperidine rings is 3. The molecule has 238 valence electrons. The van der Waals surface area contributed by atoms with Gasteiger partial charge in [-0.05, 0) is 87.5 Å². The highest BCUT2D eigenvalue weighted by molar-refractivity contribution is 5.93. The molecule has 1 atom stereocenters. The second kappa shape index (κ2) is 13.1. The lowest BCUT2D eigenvalue weighted by Gasteiger charge is -2.42. The van der Waals surface area contributed by atoms with E-state index in [-0.39, 0.29) is 30.3 Å². The summed E-state index contributed by atoms with van der Waals surface area (Å²) in [6.07, 6.45) is 9.31. The Labute approximate surface area is 265 Å². The van der Waals surface area contributed by atoms with Crippen LogP contribution >= 0.6 is 0 Å². The van der Waals surface area contributed by atoms with Gasteiger partial charge in [-0.3, -0.25) is 9.59 Å². The van der Waals surface area contributed by atoms with Crippen LogP contribution in [0, 0.1) is 0 Å². The number of carbonyl (C=O) groups is 3. The molecule has 45 heavy (non-hydrogen) atoms. The molecule has 0 radical (unpaired) electrons. The van der Waals surface area contributed by atoms with Crippen LogP contribution in [0.4, 0.5) is 16.2 Å². The number of carbonyl (C=O) groups excluding carboxylic acids is 3. The molecule has 0 spiro atoms. The van der Waals surface area contributed by atoms with Gasteiger partial charge in [-0.2, -0.15) is 0 Å². The van der Waals surface area contributed by atoms with Gasteiger partial charge in [-0.15, -0.1) is 0 Å². The molecule has 0 bridgehead atoms. The number of hydrogen-bond donors (Lipinski definition) is 3. The summed E-state index contributed by atoms with van der Waals surface area (Å²) >= 11 is 0. The monoisotopic (exact) mass is 611 g/mol. The van der Waals surface area contributed by atoms with Crippen molar-refractivity contribution in [2.24, 2.45) is 0 Å². The van der Waals surface area contributed by atoms with Crippen molar-refractivity contribution in [1.82, 2.24) is 24.6 Å². The number of aromatic amines is 1.